The van der Waals surface area contributed by atoms with Crippen LogP contribution in [0.15, 0.2) is 73.2 Å². The molecule has 0 fully saturated rings. The molecule has 0 bridgehead atoms. The number of rotatable bonds is 5. The molecular weight excluding hydrogens is 364 g/mol. The molecule has 6 nitrogen and oxygen atoms in total. The highest BCUT2D eigenvalue weighted by Gasteiger charge is 2.11. The molecule has 29 heavy (non-hydrogen) atoms. The van der Waals surface area contributed by atoms with Crippen LogP contribution in [0.25, 0.3) is 21.9 Å². The lowest BCUT2D eigenvalue weighted by atomic mass is 10.0. The minimum Gasteiger partial charge on any atom is -0.496 e. The molecule has 0 unspecified atom stereocenters. The van der Waals surface area contributed by atoms with Crippen LogP contribution in [0.1, 0.15) is 15.9 Å². The lowest BCUT2D eigenvalue weighted by Crippen LogP contribution is -2.23. The molecule has 0 aliphatic rings. The molecule has 3 N–H and O–H groups in total. The number of nitrogens with two attached hydrogens (primary N) is 1. The molecule has 0 aliphatic carbocycles. The maximum absolute atomic E-state index is 12.7. The van der Waals surface area contributed by atoms with Crippen molar-refractivity contribution in [2.24, 2.45) is 0 Å². The third kappa shape index (κ3) is 3.87. The van der Waals surface area contributed by atoms with E-state index in [1.54, 1.807) is 25.7 Å². The van der Waals surface area contributed by atoms with Gasteiger partial charge in [0.25, 0.3) is 5.91 Å². The highest BCUT2D eigenvalue weighted by Crippen LogP contribution is 2.29. The first-order valence-electron chi connectivity index (χ1n) is 9.15. The molecule has 2 aromatic carbocycles. The number of aromatic nitrogens is 2. The topological polar surface area (TPSA) is 90.1 Å². The van der Waals surface area contributed by atoms with Crippen molar-refractivity contribution in [3.8, 4) is 16.9 Å². The predicted octanol–water partition coefficient (Wildman–Crippen LogP) is 3.82. The minimum absolute atomic E-state index is 0.191. The molecule has 0 atom stereocenters. The number of carbonyl (C=O) groups excluding carboxylic acids is 1. The Morgan fingerprint density at radius 2 is 1.97 bits per heavy atom. The third-order valence-electron chi connectivity index (χ3n) is 4.73. The number of carbonyl (C=O) groups is 1. The molecule has 1 amide bonds. The van der Waals surface area contributed by atoms with Crippen LogP contribution in [0.5, 0.6) is 5.75 Å². The van der Waals surface area contributed by atoms with Crippen LogP contribution in [0, 0.1) is 0 Å². The first-order chi connectivity index (χ1) is 14.2. The second-order valence-corrected chi connectivity index (χ2v) is 6.60. The van der Waals surface area contributed by atoms with Crippen LogP contribution in [-0.2, 0) is 6.54 Å². The van der Waals surface area contributed by atoms with Gasteiger partial charge in [-0.05, 0) is 35.2 Å². The summed E-state index contributed by atoms with van der Waals surface area (Å²) in [5.74, 6) is 1.04. The Morgan fingerprint density at radius 3 is 2.83 bits per heavy atom. The lowest BCUT2D eigenvalue weighted by Gasteiger charge is -2.10. The monoisotopic (exact) mass is 384 g/mol. The quantitative estimate of drug-likeness (QED) is 0.546. The summed E-state index contributed by atoms with van der Waals surface area (Å²) >= 11 is 0. The number of fused-ring (bicyclic) bond motifs is 1. The van der Waals surface area contributed by atoms with Gasteiger partial charge in [0.15, 0.2) is 0 Å². The Morgan fingerprint density at radius 1 is 1.10 bits per heavy atom. The standard InChI is InChI=1S/C23H20N4O2/c1-29-21-5-3-2-4-19(21)17-11-18(14-25-13-17)23(28)27-12-15-6-7-20-16(10-15)8-9-26-22(20)24/h2-11,13-14H,12H2,1H3,(H2,24,26)(H,27,28). The molecule has 144 valence electrons. The van der Waals surface area contributed by atoms with Crippen LogP contribution in [-0.4, -0.2) is 23.0 Å². The number of hydrogen-bond acceptors (Lipinski definition) is 5. The Hall–Kier alpha value is -3.93. The fourth-order valence-corrected chi connectivity index (χ4v) is 3.24. The summed E-state index contributed by atoms with van der Waals surface area (Å²) < 4.78 is 5.41. The summed E-state index contributed by atoms with van der Waals surface area (Å²) in [6.07, 6.45) is 4.95. The first kappa shape index (κ1) is 18.4. The minimum atomic E-state index is -0.191. The molecule has 0 saturated heterocycles. The number of nitrogen functional groups attached to an aromatic ring is 1. The highest BCUT2D eigenvalue weighted by molar-refractivity contribution is 5.95. The number of ether oxygens (including phenoxy) is 1. The highest BCUT2D eigenvalue weighted by atomic mass is 16.5. The second-order valence-electron chi connectivity index (χ2n) is 6.60. The molecule has 0 aliphatic heterocycles. The predicted molar refractivity (Wildman–Crippen MR) is 114 cm³/mol. The van der Waals surface area contributed by atoms with Crippen molar-refractivity contribution in [3.05, 3.63) is 84.3 Å². The van der Waals surface area contributed by atoms with E-state index in [1.807, 2.05) is 54.6 Å². The van der Waals surface area contributed by atoms with Gasteiger partial charge in [-0.25, -0.2) is 4.98 Å². The summed E-state index contributed by atoms with van der Waals surface area (Å²) in [6, 6.07) is 17.2. The summed E-state index contributed by atoms with van der Waals surface area (Å²) in [6.45, 7) is 0.399. The average Bonchev–Trinajstić information content (AvgIpc) is 2.77. The molecule has 0 radical (unpaired) electrons. The molecule has 0 saturated carbocycles. The van der Waals surface area contributed by atoms with Crippen molar-refractivity contribution in [2.75, 3.05) is 12.8 Å². The maximum atomic E-state index is 12.7. The van der Waals surface area contributed by atoms with E-state index < -0.39 is 0 Å². The number of benzene rings is 2. The van der Waals surface area contributed by atoms with Gasteiger partial charge in [-0.2, -0.15) is 0 Å². The van der Waals surface area contributed by atoms with Crippen LogP contribution in [0.2, 0.25) is 0 Å². The normalized spacial score (nSPS) is 10.7. The number of methoxy groups -OCH3 is 1. The van der Waals surface area contributed by atoms with E-state index in [4.69, 9.17) is 10.5 Å². The number of hydrogen-bond donors (Lipinski definition) is 2. The Labute approximate surface area is 168 Å². The molecule has 6 heteroatoms. The Kier molecular flexibility index (Phi) is 5.07. The van der Waals surface area contributed by atoms with E-state index in [0.29, 0.717) is 17.9 Å². The smallest absolute Gasteiger partial charge is 0.253 e. The van der Waals surface area contributed by atoms with Gasteiger partial charge in [-0.3, -0.25) is 9.78 Å². The van der Waals surface area contributed by atoms with Crippen molar-refractivity contribution in [1.29, 1.82) is 0 Å². The molecule has 0 spiro atoms. The molecular formula is C23H20N4O2. The van der Waals surface area contributed by atoms with Crippen molar-refractivity contribution in [1.82, 2.24) is 15.3 Å². The van der Waals surface area contributed by atoms with Gasteiger partial charge >= 0.3 is 0 Å². The van der Waals surface area contributed by atoms with E-state index in [9.17, 15) is 4.79 Å². The number of amides is 1. The number of nitrogens with one attached hydrogen (secondary N) is 1. The lowest BCUT2D eigenvalue weighted by molar-refractivity contribution is 0.0950. The van der Waals surface area contributed by atoms with Crippen LogP contribution in [0.4, 0.5) is 5.82 Å². The fourth-order valence-electron chi connectivity index (χ4n) is 3.24. The summed E-state index contributed by atoms with van der Waals surface area (Å²) in [5.41, 5.74) is 9.07. The fraction of sp³-hybridized carbons (Fsp3) is 0.0870. The number of para-hydroxylation sites is 1. The summed E-state index contributed by atoms with van der Waals surface area (Å²) in [4.78, 5) is 21.0. The van der Waals surface area contributed by atoms with Crippen molar-refractivity contribution in [3.63, 3.8) is 0 Å². The SMILES string of the molecule is COc1ccccc1-c1cncc(C(=O)NCc2ccc3c(N)nccc3c2)c1. The third-order valence-corrected chi connectivity index (χ3v) is 4.73. The Balaban J connectivity index is 1.52. The number of nitrogens with zero attached hydrogens (tertiary/aromatic N) is 2. The number of pyridine rings is 2. The molecule has 2 aromatic heterocycles. The zero-order valence-electron chi connectivity index (χ0n) is 15.9. The zero-order chi connectivity index (χ0) is 20.2. The Bertz CT molecular complexity index is 1190. The molecule has 4 aromatic rings. The zero-order valence-corrected chi connectivity index (χ0v) is 15.9. The van der Waals surface area contributed by atoms with Gasteiger partial charge in [-0.15, -0.1) is 0 Å². The van der Waals surface area contributed by atoms with E-state index in [2.05, 4.69) is 15.3 Å². The summed E-state index contributed by atoms with van der Waals surface area (Å²) in [7, 11) is 1.62. The molecule has 2 heterocycles. The molecule has 4 rings (SSSR count). The van der Waals surface area contributed by atoms with E-state index in [-0.39, 0.29) is 5.91 Å². The van der Waals surface area contributed by atoms with E-state index in [1.165, 1.54) is 0 Å². The van der Waals surface area contributed by atoms with Crippen LogP contribution >= 0.6 is 0 Å². The van der Waals surface area contributed by atoms with Gasteiger partial charge in [0.05, 0.1) is 12.7 Å². The average molecular weight is 384 g/mol. The van der Waals surface area contributed by atoms with Gasteiger partial charge in [0.1, 0.15) is 11.6 Å². The van der Waals surface area contributed by atoms with Crippen LogP contribution < -0.4 is 15.8 Å². The van der Waals surface area contributed by atoms with Crippen molar-refractivity contribution >= 4 is 22.5 Å². The second kappa shape index (κ2) is 7.98. The maximum Gasteiger partial charge on any atom is 0.253 e. The van der Waals surface area contributed by atoms with Crippen molar-refractivity contribution < 1.29 is 9.53 Å². The van der Waals surface area contributed by atoms with Gasteiger partial charge in [0, 0.05) is 41.6 Å². The number of anilines is 1. The van der Waals surface area contributed by atoms with E-state index in [0.717, 1.165) is 33.2 Å². The summed E-state index contributed by atoms with van der Waals surface area (Å²) in [5, 5.41) is 4.83. The van der Waals surface area contributed by atoms with Crippen LogP contribution in [0.3, 0.4) is 0 Å². The largest absolute Gasteiger partial charge is 0.496 e. The van der Waals surface area contributed by atoms with Gasteiger partial charge < -0.3 is 15.8 Å². The van der Waals surface area contributed by atoms with Crippen molar-refractivity contribution in [2.45, 2.75) is 6.54 Å². The van der Waals surface area contributed by atoms with Gasteiger partial charge in [0.2, 0.25) is 0 Å². The van der Waals surface area contributed by atoms with Gasteiger partial charge in [-0.1, -0.05) is 30.3 Å². The van der Waals surface area contributed by atoms with E-state index >= 15 is 0 Å². The first-order valence-corrected chi connectivity index (χ1v) is 9.15.